The fraction of sp³-hybridized carbons (Fsp3) is 0.400. The third kappa shape index (κ3) is 2.13. The smallest absolute Gasteiger partial charge is 0.394 e. The van der Waals surface area contributed by atoms with Crippen molar-refractivity contribution in [2.45, 2.75) is 18.4 Å². The summed E-state index contributed by atoms with van der Waals surface area (Å²) < 4.78 is 41.7. The highest BCUT2D eigenvalue weighted by molar-refractivity contribution is 5.28. The summed E-state index contributed by atoms with van der Waals surface area (Å²) in [4.78, 5) is 0. The molecule has 0 aliphatic carbocycles. The Balaban J connectivity index is 2.12. The highest BCUT2D eigenvalue weighted by Gasteiger charge is 2.40. The van der Waals surface area contributed by atoms with Crippen LogP contribution in [0.3, 0.4) is 0 Å². The van der Waals surface area contributed by atoms with Crippen LogP contribution in [0.1, 0.15) is 17.2 Å². The van der Waals surface area contributed by atoms with E-state index >= 15 is 0 Å². The van der Waals surface area contributed by atoms with Crippen LogP contribution in [-0.2, 0) is 10.9 Å². The molecule has 1 aromatic rings. The maximum atomic E-state index is 12.2. The van der Waals surface area contributed by atoms with E-state index < -0.39 is 11.7 Å². The van der Waals surface area contributed by atoms with Crippen molar-refractivity contribution in [2.75, 3.05) is 6.61 Å². The van der Waals surface area contributed by atoms with Crippen LogP contribution in [0, 0.1) is 0 Å². The lowest BCUT2D eigenvalue weighted by molar-refractivity contribution is -0.137. The minimum Gasteiger partial charge on any atom is -0.394 e. The van der Waals surface area contributed by atoms with Crippen LogP contribution >= 0.6 is 0 Å². The zero-order chi connectivity index (χ0) is 11.1. The van der Waals surface area contributed by atoms with Crippen molar-refractivity contribution in [3.05, 3.63) is 35.4 Å². The molecule has 0 spiro atoms. The molecule has 1 saturated heterocycles. The van der Waals surface area contributed by atoms with Crippen molar-refractivity contribution >= 4 is 0 Å². The number of halogens is 3. The summed E-state index contributed by atoms with van der Waals surface area (Å²) in [5.74, 6) is 0. The number of aliphatic hydroxyl groups excluding tert-OH is 1. The van der Waals surface area contributed by atoms with Crippen molar-refractivity contribution in [2.24, 2.45) is 0 Å². The Bertz CT molecular complexity index is 345. The molecular formula is C10H9F3O2. The molecule has 1 heterocycles. The Kier molecular flexibility index (Phi) is 2.44. The first kappa shape index (κ1) is 10.4. The van der Waals surface area contributed by atoms with E-state index in [0.717, 1.165) is 12.1 Å². The standard InChI is InChI=1S/C10H9F3O2/c11-10(12,13)7-3-1-6(2-4-7)9-8(5-14)15-9/h1-4,8-9,14H,5H2. The van der Waals surface area contributed by atoms with Crippen LogP contribution in [0.25, 0.3) is 0 Å². The fourth-order valence-corrected chi connectivity index (χ4v) is 1.44. The summed E-state index contributed by atoms with van der Waals surface area (Å²) in [5, 5.41) is 8.72. The van der Waals surface area contributed by atoms with Gasteiger partial charge >= 0.3 is 6.18 Å². The molecule has 0 amide bonds. The van der Waals surface area contributed by atoms with E-state index in [-0.39, 0.29) is 18.8 Å². The summed E-state index contributed by atoms with van der Waals surface area (Å²) in [6.45, 7) is -0.105. The molecule has 1 aliphatic heterocycles. The Morgan fingerprint density at radius 1 is 1.20 bits per heavy atom. The van der Waals surface area contributed by atoms with E-state index in [0.29, 0.717) is 5.56 Å². The number of alkyl halides is 3. The van der Waals surface area contributed by atoms with Crippen LogP contribution in [0.15, 0.2) is 24.3 Å². The van der Waals surface area contributed by atoms with Crippen LogP contribution in [0.2, 0.25) is 0 Å². The number of benzene rings is 1. The molecule has 15 heavy (non-hydrogen) atoms. The summed E-state index contributed by atoms with van der Waals surface area (Å²) in [6, 6.07) is 4.79. The van der Waals surface area contributed by atoms with E-state index in [4.69, 9.17) is 9.84 Å². The van der Waals surface area contributed by atoms with Crippen molar-refractivity contribution in [3.63, 3.8) is 0 Å². The number of aliphatic hydroxyl groups is 1. The van der Waals surface area contributed by atoms with Gasteiger partial charge in [0.15, 0.2) is 0 Å². The molecule has 1 fully saturated rings. The molecule has 1 aromatic carbocycles. The monoisotopic (exact) mass is 218 g/mol. The van der Waals surface area contributed by atoms with Gasteiger partial charge in [-0.2, -0.15) is 13.2 Å². The topological polar surface area (TPSA) is 32.8 Å². The van der Waals surface area contributed by atoms with Gasteiger partial charge in [-0.05, 0) is 17.7 Å². The summed E-state index contributed by atoms with van der Waals surface area (Å²) in [6.07, 6.45) is -4.82. The van der Waals surface area contributed by atoms with E-state index in [9.17, 15) is 13.2 Å². The molecule has 5 heteroatoms. The first-order valence-corrected chi connectivity index (χ1v) is 4.46. The second kappa shape index (κ2) is 3.50. The second-order valence-electron chi connectivity index (χ2n) is 3.40. The van der Waals surface area contributed by atoms with Crippen LogP contribution in [-0.4, -0.2) is 17.8 Å². The quantitative estimate of drug-likeness (QED) is 0.771. The van der Waals surface area contributed by atoms with Crippen molar-refractivity contribution in [1.82, 2.24) is 0 Å². The first-order valence-electron chi connectivity index (χ1n) is 4.46. The van der Waals surface area contributed by atoms with E-state index in [1.54, 1.807) is 0 Å². The Morgan fingerprint density at radius 3 is 2.20 bits per heavy atom. The van der Waals surface area contributed by atoms with Gasteiger partial charge in [0.1, 0.15) is 12.2 Å². The highest BCUT2D eigenvalue weighted by atomic mass is 19.4. The third-order valence-electron chi connectivity index (χ3n) is 2.33. The molecular weight excluding hydrogens is 209 g/mol. The van der Waals surface area contributed by atoms with Crippen LogP contribution in [0.5, 0.6) is 0 Å². The molecule has 1 aliphatic rings. The number of rotatable bonds is 2. The number of hydrogen-bond donors (Lipinski definition) is 1. The average Bonchev–Trinajstić information content (AvgIpc) is 2.95. The molecule has 1 N–H and O–H groups in total. The van der Waals surface area contributed by atoms with E-state index in [1.165, 1.54) is 12.1 Å². The molecule has 2 rings (SSSR count). The number of epoxide rings is 1. The summed E-state index contributed by atoms with van der Waals surface area (Å²) >= 11 is 0. The van der Waals surface area contributed by atoms with Gasteiger partial charge in [-0.3, -0.25) is 0 Å². The summed E-state index contributed by atoms with van der Waals surface area (Å²) in [5.41, 5.74) is -0.00509. The van der Waals surface area contributed by atoms with Gasteiger partial charge in [0.05, 0.1) is 12.2 Å². The maximum absolute atomic E-state index is 12.2. The van der Waals surface area contributed by atoms with Gasteiger partial charge in [-0.1, -0.05) is 12.1 Å². The molecule has 2 unspecified atom stereocenters. The summed E-state index contributed by atoms with van der Waals surface area (Å²) in [7, 11) is 0. The van der Waals surface area contributed by atoms with Gasteiger partial charge in [-0.25, -0.2) is 0 Å². The lowest BCUT2D eigenvalue weighted by Crippen LogP contribution is -2.04. The Labute approximate surface area is 84.3 Å². The first-order chi connectivity index (χ1) is 7.02. The Morgan fingerprint density at radius 2 is 1.80 bits per heavy atom. The largest absolute Gasteiger partial charge is 0.416 e. The number of ether oxygens (including phenoxy) is 1. The molecule has 2 atom stereocenters. The van der Waals surface area contributed by atoms with Crippen LogP contribution < -0.4 is 0 Å². The van der Waals surface area contributed by atoms with Gasteiger partial charge in [0.2, 0.25) is 0 Å². The maximum Gasteiger partial charge on any atom is 0.416 e. The minimum atomic E-state index is -4.31. The van der Waals surface area contributed by atoms with Gasteiger partial charge in [0, 0.05) is 0 Å². The third-order valence-corrected chi connectivity index (χ3v) is 2.33. The molecule has 82 valence electrons. The zero-order valence-electron chi connectivity index (χ0n) is 7.66. The highest BCUT2D eigenvalue weighted by Crippen LogP contribution is 2.39. The molecule has 2 nitrogen and oxygen atoms in total. The van der Waals surface area contributed by atoms with Gasteiger partial charge in [-0.15, -0.1) is 0 Å². The van der Waals surface area contributed by atoms with Crippen molar-refractivity contribution in [3.8, 4) is 0 Å². The molecule has 0 bridgehead atoms. The molecule has 0 saturated carbocycles. The fourth-order valence-electron chi connectivity index (χ4n) is 1.44. The minimum absolute atomic E-state index is 0.105. The normalized spacial score (nSPS) is 25.3. The van der Waals surface area contributed by atoms with Crippen molar-refractivity contribution in [1.29, 1.82) is 0 Å². The lowest BCUT2D eigenvalue weighted by Gasteiger charge is -2.06. The second-order valence-corrected chi connectivity index (χ2v) is 3.40. The molecule has 0 radical (unpaired) electrons. The van der Waals surface area contributed by atoms with E-state index in [2.05, 4.69) is 0 Å². The Hall–Kier alpha value is -1.07. The van der Waals surface area contributed by atoms with Gasteiger partial charge < -0.3 is 9.84 Å². The lowest BCUT2D eigenvalue weighted by atomic mass is 10.1. The van der Waals surface area contributed by atoms with Crippen molar-refractivity contribution < 1.29 is 23.0 Å². The average molecular weight is 218 g/mol. The van der Waals surface area contributed by atoms with Gasteiger partial charge in [0.25, 0.3) is 0 Å². The number of hydrogen-bond acceptors (Lipinski definition) is 2. The predicted molar refractivity (Wildman–Crippen MR) is 46.1 cm³/mol. The van der Waals surface area contributed by atoms with E-state index in [1.807, 2.05) is 0 Å². The SMILES string of the molecule is OCC1OC1c1ccc(C(F)(F)F)cc1. The molecule has 0 aromatic heterocycles. The predicted octanol–water partition coefficient (Wildman–Crippen LogP) is 2.14. The van der Waals surface area contributed by atoms with Crippen LogP contribution in [0.4, 0.5) is 13.2 Å². The zero-order valence-corrected chi connectivity index (χ0v) is 7.66.